The van der Waals surface area contributed by atoms with Gasteiger partial charge in [0.05, 0.1) is 17.9 Å². The molecule has 0 radical (unpaired) electrons. The molecule has 24 heavy (non-hydrogen) atoms. The van der Waals surface area contributed by atoms with Crippen molar-refractivity contribution in [2.75, 3.05) is 0 Å². The van der Waals surface area contributed by atoms with Crippen LogP contribution in [0.3, 0.4) is 0 Å². The maximum absolute atomic E-state index is 4.65. The highest BCUT2D eigenvalue weighted by molar-refractivity contribution is 5.89. The van der Waals surface area contributed by atoms with Crippen molar-refractivity contribution >= 4 is 11.0 Å². The van der Waals surface area contributed by atoms with Gasteiger partial charge in [-0.2, -0.15) is 5.10 Å². The molecule has 1 saturated carbocycles. The number of aromatic nitrogens is 5. The molecule has 128 valence electrons. The van der Waals surface area contributed by atoms with Crippen LogP contribution in [0.2, 0.25) is 0 Å². The van der Waals surface area contributed by atoms with Crippen LogP contribution >= 0.6 is 0 Å². The van der Waals surface area contributed by atoms with Gasteiger partial charge in [0.15, 0.2) is 0 Å². The quantitative estimate of drug-likeness (QED) is 0.735. The molecular weight excluding hydrogens is 298 g/mol. The Kier molecular flexibility index (Phi) is 5.28. The number of nitrogens with zero attached hydrogens (tertiary/aromatic N) is 4. The number of hydrogen-bond acceptors (Lipinski definition) is 3. The van der Waals surface area contributed by atoms with Gasteiger partial charge in [-0.25, -0.2) is 9.97 Å². The van der Waals surface area contributed by atoms with Crippen LogP contribution in [0.5, 0.6) is 0 Å². The summed E-state index contributed by atoms with van der Waals surface area (Å²) in [7, 11) is 0. The summed E-state index contributed by atoms with van der Waals surface area (Å²) >= 11 is 0. The molecule has 0 bridgehead atoms. The summed E-state index contributed by atoms with van der Waals surface area (Å²) in [5.74, 6) is 0.774. The monoisotopic (exact) mass is 325 g/mol. The predicted molar refractivity (Wildman–Crippen MR) is 97.7 cm³/mol. The molecule has 0 amide bonds. The highest BCUT2D eigenvalue weighted by Gasteiger charge is 2.25. The van der Waals surface area contributed by atoms with Crippen LogP contribution in [-0.4, -0.2) is 24.7 Å². The summed E-state index contributed by atoms with van der Waals surface area (Å²) in [4.78, 5) is 11.9. The van der Waals surface area contributed by atoms with Crippen molar-refractivity contribution in [1.29, 1.82) is 0 Å². The number of hydrogen-bond donors (Lipinski definition) is 1. The fourth-order valence-corrected chi connectivity index (χ4v) is 3.82. The van der Waals surface area contributed by atoms with Gasteiger partial charge in [-0.15, -0.1) is 0 Å². The fraction of sp³-hybridized carbons (Fsp3) is 0.526. The second kappa shape index (κ2) is 7.60. The van der Waals surface area contributed by atoms with E-state index in [1.54, 1.807) is 6.33 Å². The average Bonchev–Trinajstić information content (AvgIpc) is 3.38. The van der Waals surface area contributed by atoms with Gasteiger partial charge in [0.1, 0.15) is 12.0 Å². The zero-order chi connectivity index (χ0) is 16.9. The molecule has 4 rings (SSSR count). The Morgan fingerprint density at radius 3 is 2.79 bits per heavy atom. The van der Waals surface area contributed by atoms with Crippen molar-refractivity contribution in [1.82, 2.24) is 24.7 Å². The molecule has 3 aromatic rings. The average molecular weight is 325 g/mol. The number of rotatable bonds is 4. The Hall–Kier alpha value is -2.17. The third-order valence-corrected chi connectivity index (χ3v) is 4.93. The molecule has 0 saturated heterocycles. The molecule has 0 spiro atoms. The lowest BCUT2D eigenvalue weighted by Crippen LogP contribution is -2.17. The standard InChI is InChI=1S/C17H21N5.C2H6/c1-2-15(12-5-3-4-6-12)22-10-13(9-21-22)16-14-7-8-18-17(14)20-11-19-16;1-2/h7-12,15H,2-6H2,1H3,(H,18,19,20);1-2H3. The first-order chi connectivity index (χ1) is 11.9. The Morgan fingerprint density at radius 1 is 1.25 bits per heavy atom. The van der Waals surface area contributed by atoms with Gasteiger partial charge in [-0.05, 0) is 31.2 Å². The zero-order valence-electron chi connectivity index (χ0n) is 14.9. The van der Waals surface area contributed by atoms with Crippen molar-refractivity contribution in [2.24, 2.45) is 5.92 Å². The molecule has 1 aliphatic carbocycles. The molecule has 1 atom stereocenters. The first-order valence-corrected chi connectivity index (χ1v) is 9.19. The summed E-state index contributed by atoms with van der Waals surface area (Å²) in [6, 6.07) is 2.54. The van der Waals surface area contributed by atoms with Crippen LogP contribution in [0.1, 0.15) is 58.9 Å². The van der Waals surface area contributed by atoms with Crippen LogP contribution in [0, 0.1) is 5.92 Å². The lowest BCUT2D eigenvalue weighted by molar-refractivity contribution is 0.301. The number of aromatic amines is 1. The minimum absolute atomic E-state index is 0.514. The van der Waals surface area contributed by atoms with Gasteiger partial charge >= 0.3 is 0 Å². The normalized spacial score (nSPS) is 16.1. The largest absolute Gasteiger partial charge is 0.346 e. The summed E-state index contributed by atoms with van der Waals surface area (Å²) in [6.07, 6.45) is 14.1. The van der Waals surface area contributed by atoms with E-state index < -0.39 is 0 Å². The highest BCUT2D eigenvalue weighted by atomic mass is 15.3. The van der Waals surface area contributed by atoms with Crippen molar-refractivity contribution in [3.63, 3.8) is 0 Å². The maximum Gasteiger partial charge on any atom is 0.141 e. The molecular formula is C19H27N5. The minimum atomic E-state index is 0.514. The van der Waals surface area contributed by atoms with Crippen LogP contribution in [0.4, 0.5) is 0 Å². The highest BCUT2D eigenvalue weighted by Crippen LogP contribution is 2.36. The van der Waals surface area contributed by atoms with E-state index in [-0.39, 0.29) is 0 Å². The lowest BCUT2D eigenvalue weighted by atomic mass is 9.96. The number of nitrogens with one attached hydrogen (secondary N) is 1. The summed E-state index contributed by atoms with van der Waals surface area (Å²) in [5, 5.41) is 5.70. The minimum Gasteiger partial charge on any atom is -0.346 e. The second-order valence-electron chi connectivity index (χ2n) is 6.19. The van der Waals surface area contributed by atoms with E-state index in [1.807, 2.05) is 32.3 Å². The van der Waals surface area contributed by atoms with E-state index in [4.69, 9.17) is 0 Å². The van der Waals surface area contributed by atoms with Gasteiger partial charge < -0.3 is 4.98 Å². The Labute approximate surface area is 143 Å². The molecule has 1 fully saturated rings. The molecule has 5 heteroatoms. The Balaban J connectivity index is 0.000000815. The van der Waals surface area contributed by atoms with Crippen molar-refractivity contribution < 1.29 is 0 Å². The van der Waals surface area contributed by atoms with E-state index in [0.717, 1.165) is 34.6 Å². The molecule has 3 aromatic heterocycles. The topological polar surface area (TPSA) is 59.4 Å². The lowest BCUT2D eigenvalue weighted by Gasteiger charge is -2.22. The molecule has 0 aromatic carbocycles. The first kappa shape index (κ1) is 16.7. The molecule has 1 unspecified atom stereocenters. The predicted octanol–water partition coefficient (Wildman–Crippen LogP) is 4.99. The van der Waals surface area contributed by atoms with E-state index in [9.17, 15) is 0 Å². The maximum atomic E-state index is 4.65. The molecule has 0 aliphatic heterocycles. The molecule has 1 N–H and O–H groups in total. The molecule has 3 heterocycles. The van der Waals surface area contributed by atoms with Gasteiger partial charge in [0.2, 0.25) is 0 Å². The number of H-pyrrole nitrogens is 1. The molecule has 5 nitrogen and oxygen atoms in total. The van der Waals surface area contributed by atoms with Gasteiger partial charge in [0, 0.05) is 23.3 Å². The number of fused-ring (bicyclic) bond motifs is 1. The smallest absolute Gasteiger partial charge is 0.141 e. The third kappa shape index (κ3) is 3.07. The summed E-state index contributed by atoms with van der Waals surface area (Å²) in [6.45, 7) is 6.26. The fourth-order valence-electron chi connectivity index (χ4n) is 3.82. The van der Waals surface area contributed by atoms with Gasteiger partial charge in [0.25, 0.3) is 0 Å². The van der Waals surface area contributed by atoms with E-state index in [2.05, 4.69) is 37.9 Å². The van der Waals surface area contributed by atoms with Gasteiger partial charge in [-0.1, -0.05) is 33.6 Å². The summed E-state index contributed by atoms with van der Waals surface area (Å²) in [5.41, 5.74) is 2.91. The van der Waals surface area contributed by atoms with E-state index >= 15 is 0 Å². The molecule has 1 aliphatic rings. The van der Waals surface area contributed by atoms with E-state index in [1.165, 1.54) is 25.7 Å². The zero-order valence-corrected chi connectivity index (χ0v) is 14.9. The van der Waals surface area contributed by atoms with Crippen LogP contribution in [-0.2, 0) is 0 Å². The van der Waals surface area contributed by atoms with Crippen molar-refractivity contribution in [3.05, 3.63) is 31.0 Å². The third-order valence-electron chi connectivity index (χ3n) is 4.93. The van der Waals surface area contributed by atoms with Crippen LogP contribution in [0.25, 0.3) is 22.3 Å². The van der Waals surface area contributed by atoms with Crippen LogP contribution < -0.4 is 0 Å². The Bertz CT molecular complexity index is 767. The van der Waals surface area contributed by atoms with E-state index in [0.29, 0.717) is 6.04 Å². The van der Waals surface area contributed by atoms with Crippen molar-refractivity contribution in [2.45, 2.75) is 58.9 Å². The van der Waals surface area contributed by atoms with Crippen molar-refractivity contribution in [3.8, 4) is 11.3 Å². The Morgan fingerprint density at radius 2 is 2.04 bits per heavy atom. The second-order valence-corrected chi connectivity index (χ2v) is 6.19. The van der Waals surface area contributed by atoms with Crippen LogP contribution in [0.15, 0.2) is 31.0 Å². The SMILES string of the molecule is CC.CCC(C1CCCC1)n1cc(-c2ncnc3[nH]ccc23)cn1. The van der Waals surface area contributed by atoms with Gasteiger partial charge in [-0.3, -0.25) is 4.68 Å². The first-order valence-electron chi connectivity index (χ1n) is 9.19. The summed E-state index contributed by atoms with van der Waals surface area (Å²) < 4.78 is 2.16.